The van der Waals surface area contributed by atoms with Crippen molar-refractivity contribution in [3.63, 3.8) is 0 Å². The van der Waals surface area contributed by atoms with Gasteiger partial charge in [0.2, 0.25) is 0 Å². The van der Waals surface area contributed by atoms with Gasteiger partial charge in [-0.15, -0.1) is 0 Å². The molecule has 4 N–H and O–H groups in total. The Hall–Kier alpha value is -0.710. The third-order valence-electron chi connectivity index (χ3n) is 2.63. The quantitative estimate of drug-likeness (QED) is 0.593. The fraction of sp³-hybridized carbons (Fsp3) is 0.556. The van der Waals surface area contributed by atoms with Crippen LogP contribution in [0.25, 0.3) is 0 Å². The Morgan fingerprint density at radius 3 is 3.00 bits per heavy atom. The summed E-state index contributed by atoms with van der Waals surface area (Å²) >= 11 is 1.96. The maximum Gasteiger partial charge on any atom is 0.351 e. The van der Waals surface area contributed by atoms with Gasteiger partial charge in [-0.1, -0.05) is 0 Å². The van der Waals surface area contributed by atoms with Crippen LogP contribution in [0.1, 0.15) is 12.6 Å². The van der Waals surface area contributed by atoms with Gasteiger partial charge in [-0.3, -0.25) is 4.57 Å². The molecule has 1 aromatic rings. The summed E-state index contributed by atoms with van der Waals surface area (Å²) in [6.07, 6.45) is -0.291. The highest BCUT2D eigenvalue weighted by Crippen LogP contribution is 2.27. The molecule has 0 amide bonds. The van der Waals surface area contributed by atoms with Crippen molar-refractivity contribution in [2.45, 2.75) is 24.9 Å². The van der Waals surface area contributed by atoms with Gasteiger partial charge in [0.1, 0.15) is 18.1 Å². The van der Waals surface area contributed by atoms with Crippen molar-refractivity contribution in [2.75, 3.05) is 12.3 Å². The molecule has 0 bridgehead atoms. The Kier molecular flexibility index (Phi) is 3.66. The Morgan fingerprint density at radius 1 is 1.71 bits per heavy atom. The lowest BCUT2D eigenvalue weighted by atomic mass is 10.2. The molecule has 0 saturated carbocycles. The maximum atomic E-state index is 11.6. The molecule has 2 heterocycles. The monoisotopic (exact) mass is 353 g/mol. The molecule has 1 saturated heterocycles. The van der Waals surface area contributed by atoms with E-state index in [2.05, 4.69) is 4.98 Å². The molecule has 1 fully saturated rings. The van der Waals surface area contributed by atoms with E-state index >= 15 is 0 Å². The number of halogens is 1. The van der Waals surface area contributed by atoms with Crippen LogP contribution in [-0.4, -0.2) is 38.6 Å². The first kappa shape index (κ1) is 12.7. The number of aliphatic hydroxyl groups is 2. The average molecular weight is 353 g/mol. The summed E-state index contributed by atoms with van der Waals surface area (Å²) in [6.45, 7) is -0.286. The standard InChI is InChI=1S/C9H12IN3O4/c10-4-2-13(9(16)12-8(4)11)7-1-5(15)6(3-14)17-7/h2,5-7,14-15H,1,3H2,(H2,11,12,16)/t5-,6-,7+/m0/s1. The van der Waals surface area contributed by atoms with Crippen LogP contribution in [0.4, 0.5) is 5.82 Å². The predicted octanol–water partition coefficient (Wildman–Crippen LogP) is -0.929. The molecule has 1 aliphatic heterocycles. The summed E-state index contributed by atoms with van der Waals surface area (Å²) in [5, 5.41) is 18.5. The molecule has 3 atom stereocenters. The van der Waals surface area contributed by atoms with E-state index < -0.39 is 24.1 Å². The molecular formula is C9H12IN3O4. The molecule has 17 heavy (non-hydrogen) atoms. The number of nitrogens with zero attached hydrogens (tertiary/aromatic N) is 2. The normalized spacial score (nSPS) is 28.5. The van der Waals surface area contributed by atoms with E-state index in [-0.39, 0.29) is 18.8 Å². The minimum atomic E-state index is -0.785. The van der Waals surface area contributed by atoms with Gasteiger partial charge in [0.05, 0.1) is 16.3 Å². The lowest BCUT2D eigenvalue weighted by Crippen LogP contribution is -2.28. The van der Waals surface area contributed by atoms with Crippen LogP contribution in [0.2, 0.25) is 0 Å². The van der Waals surface area contributed by atoms with Crippen LogP contribution in [0.15, 0.2) is 11.0 Å². The van der Waals surface area contributed by atoms with E-state index in [1.165, 1.54) is 10.8 Å². The zero-order chi connectivity index (χ0) is 12.6. The molecule has 7 nitrogen and oxygen atoms in total. The predicted molar refractivity (Wildman–Crippen MR) is 67.2 cm³/mol. The molecule has 1 aliphatic rings. The fourth-order valence-electron chi connectivity index (χ4n) is 1.71. The summed E-state index contributed by atoms with van der Waals surface area (Å²) in [5.74, 6) is 0.170. The number of ether oxygens (including phenoxy) is 1. The summed E-state index contributed by atoms with van der Waals surface area (Å²) in [6, 6.07) is 0. The van der Waals surface area contributed by atoms with E-state index in [1.807, 2.05) is 22.6 Å². The highest BCUT2D eigenvalue weighted by Gasteiger charge is 2.35. The zero-order valence-electron chi connectivity index (χ0n) is 8.78. The molecule has 8 heteroatoms. The molecule has 0 unspecified atom stereocenters. The lowest BCUT2D eigenvalue weighted by molar-refractivity contribution is -0.0459. The number of hydrogen-bond donors (Lipinski definition) is 3. The first-order chi connectivity index (χ1) is 8.02. The number of rotatable bonds is 2. The maximum absolute atomic E-state index is 11.6. The fourth-order valence-corrected chi connectivity index (χ4v) is 2.13. The molecule has 1 aromatic heterocycles. The van der Waals surface area contributed by atoms with Crippen molar-refractivity contribution < 1.29 is 14.9 Å². The molecule has 0 aliphatic carbocycles. The van der Waals surface area contributed by atoms with Crippen molar-refractivity contribution in [3.8, 4) is 0 Å². The Balaban J connectivity index is 2.30. The average Bonchev–Trinajstić information content (AvgIpc) is 2.65. The van der Waals surface area contributed by atoms with Crippen LogP contribution in [0, 0.1) is 3.57 Å². The smallest absolute Gasteiger partial charge is 0.351 e. The first-order valence-corrected chi connectivity index (χ1v) is 6.09. The van der Waals surface area contributed by atoms with Gasteiger partial charge >= 0.3 is 5.69 Å². The van der Waals surface area contributed by atoms with Crippen LogP contribution in [-0.2, 0) is 4.74 Å². The third kappa shape index (κ3) is 2.44. The number of aromatic nitrogens is 2. The van der Waals surface area contributed by atoms with Crippen LogP contribution in [0.5, 0.6) is 0 Å². The SMILES string of the molecule is Nc1nc(=O)n([C@H]2C[C@H](O)[C@H](CO)O2)cc1I. The van der Waals surface area contributed by atoms with Crippen molar-refractivity contribution in [3.05, 3.63) is 20.3 Å². The Labute approximate surface area is 110 Å². The highest BCUT2D eigenvalue weighted by atomic mass is 127. The van der Waals surface area contributed by atoms with Crippen molar-refractivity contribution in [2.24, 2.45) is 0 Å². The van der Waals surface area contributed by atoms with Gasteiger partial charge in [0, 0.05) is 12.6 Å². The minimum absolute atomic E-state index is 0.170. The summed E-state index contributed by atoms with van der Waals surface area (Å²) in [4.78, 5) is 15.3. The lowest BCUT2D eigenvalue weighted by Gasteiger charge is -2.14. The van der Waals surface area contributed by atoms with Gasteiger partial charge in [0.15, 0.2) is 0 Å². The molecule has 0 spiro atoms. The van der Waals surface area contributed by atoms with Crippen molar-refractivity contribution in [1.82, 2.24) is 9.55 Å². The largest absolute Gasteiger partial charge is 0.394 e. The van der Waals surface area contributed by atoms with Crippen LogP contribution < -0.4 is 11.4 Å². The van der Waals surface area contributed by atoms with Gasteiger partial charge in [0.25, 0.3) is 0 Å². The van der Waals surface area contributed by atoms with Crippen LogP contribution in [0.3, 0.4) is 0 Å². The zero-order valence-corrected chi connectivity index (χ0v) is 10.9. The van der Waals surface area contributed by atoms with Gasteiger partial charge < -0.3 is 20.7 Å². The summed E-state index contributed by atoms with van der Waals surface area (Å²) < 4.78 is 7.27. The van der Waals surface area contributed by atoms with Gasteiger partial charge in [-0.05, 0) is 22.6 Å². The minimum Gasteiger partial charge on any atom is -0.394 e. The van der Waals surface area contributed by atoms with E-state index in [0.717, 1.165) is 0 Å². The van der Waals surface area contributed by atoms with Crippen molar-refractivity contribution in [1.29, 1.82) is 0 Å². The molecule has 0 aromatic carbocycles. The molecule has 94 valence electrons. The molecule has 0 radical (unpaired) electrons. The van der Waals surface area contributed by atoms with E-state index in [4.69, 9.17) is 15.6 Å². The van der Waals surface area contributed by atoms with Gasteiger partial charge in [-0.25, -0.2) is 4.79 Å². The number of nitrogen functional groups attached to an aromatic ring is 1. The second kappa shape index (κ2) is 4.88. The van der Waals surface area contributed by atoms with Gasteiger partial charge in [-0.2, -0.15) is 4.98 Å². The third-order valence-corrected chi connectivity index (χ3v) is 3.46. The van der Waals surface area contributed by atoms with Crippen LogP contribution >= 0.6 is 22.6 Å². The summed E-state index contributed by atoms with van der Waals surface area (Å²) in [5.41, 5.74) is 4.98. The number of nitrogens with two attached hydrogens (primary N) is 1. The molecule has 2 rings (SSSR count). The van der Waals surface area contributed by atoms with E-state index in [9.17, 15) is 9.90 Å². The first-order valence-electron chi connectivity index (χ1n) is 5.01. The number of hydrogen-bond acceptors (Lipinski definition) is 6. The second-order valence-electron chi connectivity index (χ2n) is 3.78. The van der Waals surface area contributed by atoms with E-state index in [0.29, 0.717) is 3.57 Å². The Morgan fingerprint density at radius 2 is 2.41 bits per heavy atom. The number of anilines is 1. The van der Waals surface area contributed by atoms with Crippen molar-refractivity contribution >= 4 is 28.4 Å². The Bertz CT molecular complexity index is 478. The number of aliphatic hydroxyl groups excluding tert-OH is 2. The summed E-state index contributed by atoms with van der Waals surface area (Å²) in [7, 11) is 0. The van der Waals surface area contributed by atoms with E-state index in [1.54, 1.807) is 0 Å². The topological polar surface area (TPSA) is 111 Å². The highest BCUT2D eigenvalue weighted by molar-refractivity contribution is 14.1. The second-order valence-corrected chi connectivity index (χ2v) is 4.94. The molecular weight excluding hydrogens is 341 g/mol.